The van der Waals surface area contributed by atoms with Gasteiger partial charge in [-0.25, -0.2) is 0 Å². The van der Waals surface area contributed by atoms with Crippen LogP contribution in [0.4, 0.5) is 11.4 Å². The van der Waals surface area contributed by atoms with Gasteiger partial charge in [-0.15, -0.1) is 0 Å². The minimum Gasteiger partial charge on any atom is -0.495 e. The normalized spacial score (nSPS) is 18.5. The first-order chi connectivity index (χ1) is 14.7. The highest BCUT2D eigenvalue weighted by molar-refractivity contribution is 5.59. The molecule has 2 saturated heterocycles. The van der Waals surface area contributed by atoms with Gasteiger partial charge in [-0.2, -0.15) is 0 Å². The Hall–Kier alpha value is -2.44. The molecule has 0 N–H and O–H groups in total. The summed E-state index contributed by atoms with van der Waals surface area (Å²) in [5, 5.41) is 0. The summed E-state index contributed by atoms with van der Waals surface area (Å²) in [6.07, 6.45) is 0. The third-order valence-electron chi connectivity index (χ3n) is 6.17. The van der Waals surface area contributed by atoms with Crippen molar-refractivity contribution in [3.8, 4) is 11.5 Å². The summed E-state index contributed by atoms with van der Waals surface area (Å²) >= 11 is 0. The van der Waals surface area contributed by atoms with Gasteiger partial charge in [0.2, 0.25) is 0 Å². The van der Waals surface area contributed by atoms with E-state index in [9.17, 15) is 0 Å². The summed E-state index contributed by atoms with van der Waals surface area (Å²) in [4.78, 5) is 9.73. The van der Waals surface area contributed by atoms with Crippen LogP contribution in [-0.4, -0.2) is 89.5 Å². The maximum Gasteiger partial charge on any atom is 0.142 e. The fraction of sp³-hybridized carbons (Fsp3) is 0.500. The van der Waals surface area contributed by atoms with Gasteiger partial charge in [-0.05, 0) is 31.3 Å². The average Bonchev–Trinajstić information content (AvgIpc) is 2.80. The van der Waals surface area contributed by atoms with Gasteiger partial charge in [0.1, 0.15) is 18.1 Å². The third-order valence-corrected chi connectivity index (χ3v) is 6.17. The van der Waals surface area contributed by atoms with Gasteiger partial charge in [0.25, 0.3) is 0 Å². The molecule has 2 heterocycles. The number of rotatable bonds is 7. The Morgan fingerprint density at radius 3 is 1.87 bits per heavy atom. The van der Waals surface area contributed by atoms with Crippen molar-refractivity contribution in [1.29, 1.82) is 0 Å². The standard InChI is InChI=1S/C24H34N4O2/c1-25-11-15-27(16-12-25)22-8-4-6-10-24(22)30-20-19-26-13-17-28(18-14-26)21-7-3-5-9-23(21)29-2/h3-10H,11-20H2,1-2H3. The van der Waals surface area contributed by atoms with E-state index in [4.69, 9.17) is 9.47 Å². The Morgan fingerprint density at radius 2 is 1.23 bits per heavy atom. The van der Waals surface area contributed by atoms with Crippen molar-refractivity contribution in [2.75, 3.05) is 89.5 Å². The van der Waals surface area contributed by atoms with Gasteiger partial charge in [-0.1, -0.05) is 24.3 Å². The predicted molar refractivity (Wildman–Crippen MR) is 123 cm³/mol. The number of methoxy groups -OCH3 is 1. The highest BCUT2D eigenvalue weighted by Crippen LogP contribution is 2.30. The molecule has 30 heavy (non-hydrogen) atoms. The fourth-order valence-electron chi connectivity index (χ4n) is 4.28. The molecule has 0 bridgehead atoms. The molecule has 6 nitrogen and oxygen atoms in total. The van der Waals surface area contributed by atoms with E-state index >= 15 is 0 Å². The molecule has 0 saturated carbocycles. The first-order valence-corrected chi connectivity index (χ1v) is 11.0. The zero-order chi connectivity index (χ0) is 20.8. The second kappa shape index (κ2) is 10.0. The van der Waals surface area contributed by atoms with Gasteiger partial charge < -0.3 is 24.2 Å². The van der Waals surface area contributed by atoms with Crippen LogP contribution in [0.25, 0.3) is 0 Å². The van der Waals surface area contributed by atoms with Crippen LogP contribution in [0.15, 0.2) is 48.5 Å². The summed E-state index contributed by atoms with van der Waals surface area (Å²) in [5.74, 6) is 1.96. The molecule has 2 fully saturated rings. The summed E-state index contributed by atoms with van der Waals surface area (Å²) < 4.78 is 11.8. The fourth-order valence-corrected chi connectivity index (χ4v) is 4.28. The average molecular weight is 411 g/mol. The SMILES string of the molecule is COc1ccccc1N1CCN(CCOc2ccccc2N2CCN(C)CC2)CC1. The number of anilines is 2. The van der Waals surface area contributed by atoms with Crippen molar-refractivity contribution in [3.05, 3.63) is 48.5 Å². The molecule has 2 aliphatic heterocycles. The van der Waals surface area contributed by atoms with E-state index in [2.05, 4.69) is 63.0 Å². The zero-order valence-corrected chi connectivity index (χ0v) is 18.3. The number of likely N-dealkylation sites (N-methyl/N-ethyl adjacent to an activating group) is 1. The monoisotopic (exact) mass is 410 g/mol. The molecule has 2 aromatic rings. The molecular formula is C24H34N4O2. The van der Waals surface area contributed by atoms with Gasteiger partial charge in [0.15, 0.2) is 0 Å². The topological polar surface area (TPSA) is 31.4 Å². The number of piperazine rings is 2. The van der Waals surface area contributed by atoms with Crippen LogP contribution in [0.5, 0.6) is 11.5 Å². The molecule has 0 aromatic heterocycles. The summed E-state index contributed by atoms with van der Waals surface area (Å²) in [5.41, 5.74) is 2.42. The van der Waals surface area contributed by atoms with Crippen LogP contribution in [0.1, 0.15) is 0 Å². The lowest BCUT2D eigenvalue weighted by molar-refractivity contribution is 0.200. The predicted octanol–water partition coefficient (Wildman–Crippen LogP) is 2.65. The molecule has 2 aromatic carbocycles. The molecule has 0 aliphatic carbocycles. The van der Waals surface area contributed by atoms with Crippen molar-refractivity contribution in [3.63, 3.8) is 0 Å². The number of hydrogen-bond acceptors (Lipinski definition) is 6. The Kier molecular flexibility index (Phi) is 6.97. The second-order valence-corrected chi connectivity index (χ2v) is 8.11. The largest absolute Gasteiger partial charge is 0.495 e. The Bertz CT molecular complexity index is 799. The van der Waals surface area contributed by atoms with Crippen molar-refractivity contribution in [2.24, 2.45) is 0 Å². The van der Waals surface area contributed by atoms with Crippen molar-refractivity contribution < 1.29 is 9.47 Å². The molecule has 0 atom stereocenters. The number of hydrogen-bond donors (Lipinski definition) is 0. The first kappa shape index (κ1) is 20.8. The smallest absolute Gasteiger partial charge is 0.142 e. The molecule has 0 radical (unpaired) electrons. The van der Waals surface area contributed by atoms with Crippen LogP contribution < -0.4 is 19.3 Å². The first-order valence-electron chi connectivity index (χ1n) is 11.0. The number of nitrogens with zero attached hydrogens (tertiary/aromatic N) is 4. The van der Waals surface area contributed by atoms with E-state index in [1.807, 2.05) is 12.1 Å². The third kappa shape index (κ3) is 4.99. The number of para-hydroxylation sites is 4. The molecule has 2 aliphatic rings. The van der Waals surface area contributed by atoms with E-state index < -0.39 is 0 Å². The van der Waals surface area contributed by atoms with Crippen LogP contribution in [0, 0.1) is 0 Å². The number of benzene rings is 2. The van der Waals surface area contributed by atoms with E-state index in [1.165, 1.54) is 11.4 Å². The van der Waals surface area contributed by atoms with Crippen LogP contribution in [0.3, 0.4) is 0 Å². The van der Waals surface area contributed by atoms with Crippen LogP contribution >= 0.6 is 0 Å². The number of ether oxygens (including phenoxy) is 2. The lowest BCUT2D eigenvalue weighted by Crippen LogP contribution is -2.47. The molecule has 0 unspecified atom stereocenters. The minimum atomic E-state index is 0.722. The second-order valence-electron chi connectivity index (χ2n) is 8.11. The van der Waals surface area contributed by atoms with E-state index in [0.717, 1.165) is 77.0 Å². The molecule has 0 amide bonds. The van der Waals surface area contributed by atoms with Crippen molar-refractivity contribution >= 4 is 11.4 Å². The maximum atomic E-state index is 6.24. The summed E-state index contributed by atoms with van der Waals surface area (Å²) in [6, 6.07) is 16.8. The highest BCUT2D eigenvalue weighted by Gasteiger charge is 2.20. The van der Waals surface area contributed by atoms with Crippen LogP contribution in [0.2, 0.25) is 0 Å². The van der Waals surface area contributed by atoms with Gasteiger partial charge in [0, 0.05) is 58.9 Å². The Labute approximate surface area is 180 Å². The molecule has 0 spiro atoms. The maximum absolute atomic E-state index is 6.24. The Balaban J connectivity index is 1.26. The highest BCUT2D eigenvalue weighted by atomic mass is 16.5. The molecule has 162 valence electrons. The summed E-state index contributed by atoms with van der Waals surface area (Å²) in [6.45, 7) is 10.1. The lowest BCUT2D eigenvalue weighted by Gasteiger charge is -2.37. The van der Waals surface area contributed by atoms with Gasteiger partial charge in [-0.3, -0.25) is 4.90 Å². The van der Waals surface area contributed by atoms with Gasteiger partial charge >= 0.3 is 0 Å². The Morgan fingerprint density at radius 1 is 0.700 bits per heavy atom. The molecular weight excluding hydrogens is 376 g/mol. The zero-order valence-electron chi connectivity index (χ0n) is 18.3. The summed E-state index contributed by atoms with van der Waals surface area (Å²) in [7, 11) is 3.93. The van der Waals surface area contributed by atoms with Crippen molar-refractivity contribution in [2.45, 2.75) is 0 Å². The lowest BCUT2D eigenvalue weighted by atomic mass is 10.2. The molecule has 4 rings (SSSR count). The van der Waals surface area contributed by atoms with Gasteiger partial charge in [0.05, 0.1) is 18.5 Å². The minimum absolute atomic E-state index is 0.722. The molecule has 6 heteroatoms. The van der Waals surface area contributed by atoms with E-state index in [-0.39, 0.29) is 0 Å². The quantitative estimate of drug-likeness (QED) is 0.698. The van der Waals surface area contributed by atoms with E-state index in [1.54, 1.807) is 7.11 Å². The van der Waals surface area contributed by atoms with Crippen molar-refractivity contribution in [1.82, 2.24) is 9.80 Å². The van der Waals surface area contributed by atoms with E-state index in [0.29, 0.717) is 0 Å². The van der Waals surface area contributed by atoms with Crippen LogP contribution in [-0.2, 0) is 0 Å².